The van der Waals surface area contributed by atoms with Gasteiger partial charge in [-0.3, -0.25) is 4.79 Å². The maximum absolute atomic E-state index is 12.1. The molecule has 0 radical (unpaired) electrons. The second-order valence-electron chi connectivity index (χ2n) is 5.85. The molecule has 5 nitrogen and oxygen atoms in total. The van der Waals surface area contributed by atoms with Crippen LogP contribution in [0.4, 0.5) is 5.69 Å². The Labute approximate surface area is 162 Å². The van der Waals surface area contributed by atoms with Crippen molar-refractivity contribution in [2.75, 3.05) is 18.2 Å². The molecule has 2 rings (SSSR count). The number of hydrogen-bond donors (Lipinski definition) is 1. The second-order valence-corrected chi connectivity index (χ2v) is 7.34. The van der Waals surface area contributed by atoms with Crippen molar-refractivity contribution in [3.05, 3.63) is 46.6 Å². The molecule has 7 heteroatoms. The number of carbonyl (C=O) groups is 1. The van der Waals surface area contributed by atoms with E-state index in [0.29, 0.717) is 39.2 Å². The van der Waals surface area contributed by atoms with E-state index in [-0.39, 0.29) is 11.8 Å². The highest BCUT2D eigenvalue weighted by Crippen LogP contribution is 2.27. The van der Waals surface area contributed by atoms with Gasteiger partial charge in [0.25, 0.3) is 0 Å². The van der Waals surface area contributed by atoms with E-state index >= 15 is 0 Å². The number of aromatic nitrogens is 1. The molecule has 0 bridgehead atoms. The Hall–Kier alpha value is -2.23. The van der Waals surface area contributed by atoms with Crippen molar-refractivity contribution in [1.82, 2.24) is 4.98 Å². The van der Waals surface area contributed by atoms with Crippen molar-refractivity contribution in [3.63, 3.8) is 0 Å². The van der Waals surface area contributed by atoms with Crippen LogP contribution in [0.5, 0.6) is 5.75 Å². The van der Waals surface area contributed by atoms with Crippen LogP contribution < -0.4 is 10.1 Å². The smallest absolute Gasteiger partial charge is 0.225 e. The van der Waals surface area contributed by atoms with E-state index in [4.69, 9.17) is 16.3 Å². The van der Waals surface area contributed by atoms with Gasteiger partial charge in [0.15, 0.2) is 0 Å². The number of nitrogens with one attached hydrogen (secondary N) is 1. The lowest BCUT2D eigenvalue weighted by Gasteiger charge is -2.09. The van der Waals surface area contributed by atoms with Gasteiger partial charge in [0.1, 0.15) is 16.8 Å². The quantitative estimate of drug-likeness (QED) is 0.684. The highest BCUT2D eigenvalue weighted by Gasteiger charge is 2.11. The monoisotopic (exact) mass is 389 g/mol. The average Bonchev–Trinajstić information content (AvgIpc) is 2.61. The molecule has 136 valence electrons. The zero-order chi connectivity index (χ0) is 19.1. The van der Waals surface area contributed by atoms with Gasteiger partial charge in [-0.2, -0.15) is 5.26 Å². The minimum absolute atomic E-state index is 0.128. The zero-order valence-corrected chi connectivity index (χ0v) is 16.4. The molecule has 0 aliphatic carbocycles. The number of nitriles is 1. The summed E-state index contributed by atoms with van der Waals surface area (Å²) in [5, 5.41) is 13.1. The lowest BCUT2D eigenvalue weighted by Crippen LogP contribution is -2.12. The highest BCUT2D eigenvalue weighted by atomic mass is 35.5. The minimum Gasteiger partial charge on any atom is -0.495 e. The standard InChI is InChI=1S/C19H20ClN3O2S/c1-12(2)16-6-4-13(11-21)19(23-16)26-9-8-18(24)22-14-5-7-17(25-3)15(20)10-14/h4-7,10,12H,8-9H2,1-3H3,(H,22,24). The minimum atomic E-state index is -0.128. The van der Waals surface area contributed by atoms with Crippen LogP contribution in [-0.2, 0) is 4.79 Å². The Balaban J connectivity index is 1.93. The number of halogens is 1. The number of nitrogens with zero attached hydrogens (tertiary/aromatic N) is 2. The molecule has 2 aromatic rings. The predicted octanol–water partition coefficient (Wildman–Crippen LogP) is 4.86. The van der Waals surface area contributed by atoms with E-state index in [1.165, 1.54) is 18.9 Å². The van der Waals surface area contributed by atoms with Gasteiger partial charge >= 0.3 is 0 Å². The zero-order valence-electron chi connectivity index (χ0n) is 14.9. The number of methoxy groups -OCH3 is 1. The summed E-state index contributed by atoms with van der Waals surface area (Å²) >= 11 is 7.46. The molecule has 0 aliphatic heterocycles. The first-order valence-electron chi connectivity index (χ1n) is 8.11. The molecule has 1 heterocycles. The number of thioether (sulfide) groups is 1. The van der Waals surface area contributed by atoms with Crippen molar-refractivity contribution in [1.29, 1.82) is 5.26 Å². The first-order chi connectivity index (χ1) is 12.4. The van der Waals surface area contributed by atoms with Crippen LogP contribution in [0.1, 0.15) is 37.4 Å². The van der Waals surface area contributed by atoms with E-state index in [1.807, 2.05) is 6.07 Å². The fraction of sp³-hybridized carbons (Fsp3) is 0.316. The fourth-order valence-corrected chi connectivity index (χ4v) is 3.36. The van der Waals surface area contributed by atoms with Crippen molar-refractivity contribution in [3.8, 4) is 11.8 Å². The Morgan fingerprint density at radius 2 is 2.15 bits per heavy atom. The van der Waals surface area contributed by atoms with E-state index in [9.17, 15) is 10.1 Å². The number of benzene rings is 1. The third-order valence-electron chi connectivity index (χ3n) is 3.60. The number of pyridine rings is 1. The number of ether oxygens (including phenoxy) is 1. The van der Waals surface area contributed by atoms with Crippen molar-refractivity contribution in [2.45, 2.75) is 31.2 Å². The summed E-state index contributed by atoms with van der Waals surface area (Å²) in [5.74, 6) is 1.24. The third kappa shape index (κ3) is 5.38. The van der Waals surface area contributed by atoms with E-state index in [0.717, 1.165) is 5.69 Å². The molecular weight excluding hydrogens is 370 g/mol. The SMILES string of the molecule is COc1ccc(NC(=O)CCSc2nc(C(C)C)ccc2C#N)cc1Cl. The summed E-state index contributed by atoms with van der Waals surface area (Å²) < 4.78 is 5.09. The summed E-state index contributed by atoms with van der Waals surface area (Å²) in [6, 6.07) is 10.9. The summed E-state index contributed by atoms with van der Waals surface area (Å²) in [5.41, 5.74) is 2.08. The molecule has 0 saturated carbocycles. The van der Waals surface area contributed by atoms with Crippen molar-refractivity contribution < 1.29 is 9.53 Å². The topological polar surface area (TPSA) is 75.0 Å². The van der Waals surface area contributed by atoms with Gasteiger partial charge in [-0.1, -0.05) is 25.4 Å². The van der Waals surface area contributed by atoms with E-state index in [1.54, 1.807) is 24.3 Å². The molecule has 1 amide bonds. The maximum atomic E-state index is 12.1. The summed E-state index contributed by atoms with van der Waals surface area (Å²) in [7, 11) is 1.54. The van der Waals surface area contributed by atoms with E-state index < -0.39 is 0 Å². The van der Waals surface area contributed by atoms with Gasteiger partial charge in [-0.25, -0.2) is 4.98 Å². The maximum Gasteiger partial charge on any atom is 0.225 e. The third-order valence-corrected chi connectivity index (χ3v) is 4.89. The van der Waals surface area contributed by atoms with Crippen LogP contribution in [0, 0.1) is 11.3 Å². The fourth-order valence-electron chi connectivity index (χ4n) is 2.18. The molecule has 1 aromatic carbocycles. The number of anilines is 1. The van der Waals surface area contributed by atoms with Gasteiger partial charge in [0.05, 0.1) is 17.7 Å². The molecule has 0 unspecified atom stereocenters. The largest absolute Gasteiger partial charge is 0.495 e. The van der Waals surface area contributed by atoms with Crippen LogP contribution in [-0.4, -0.2) is 23.8 Å². The molecule has 0 fully saturated rings. The predicted molar refractivity (Wildman–Crippen MR) is 105 cm³/mol. The molecule has 1 aromatic heterocycles. The average molecular weight is 390 g/mol. The Morgan fingerprint density at radius 1 is 1.38 bits per heavy atom. The number of rotatable bonds is 7. The molecule has 1 N–H and O–H groups in total. The van der Waals surface area contributed by atoms with Crippen molar-refractivity contribution >= 4 is 35.0 Å². The van der Waals surface area contributed by atoms with Gasteiger partial charge < -0.3 is 10.1 Å². The molecule has 0 spiro atoms. The first-order valence-corrected chi connectivity index (χ1v) is 9.48. The number of hydrogen-bond acceptors (Lipinski definition) is 5. The molecule has 0 saturated heterocycles. The van der Waals surface area contributed by atoms with Crippen molar-refractivity contribution in [2.24, 2.45) is 0 Å². The Bertz CT molecular complexity index is 834. The summed E-state index contributed by atoms with van der Waals surface area (Å²) in [6.45, 7) is 4.10. The molecule has 26 heavy (non-hydrogen) atoms. The van der Waals surface area contributed by atoms with Crippen LogP contribution in [0.3, 0.4) is 0 Å². The highest BCUT2D eigenvalue weighted by molar-refractivity contribution is 7.99. The summed E-state index contributed by atoms with van der Waals surface area (Å²) in [6.07, 6.45) is 0.298. The molecule has 0 atom stereocenters. The van der Waals surface area contributed by atoms with Gasteiger partial charge in [-0.15, -0.1) is 11.8 Å². The lowest BCUT2D eigenvalue weighted by atomic mass is 10.1. The summed E-state index contributed by atoms with van der Waals surface area (Å²) in [4.78, 5) is 16.6. The van der Waals surface area contributed by atoms with Crippen LogP contribution in [0.15, 0.2) is 35.4 Å². The first kappa shape index (κ1) is 20.1. The Morgan fingerprint density at radius 3 is 2.77 bits per heavy atom. The second kappa shape index (κ2) is 9.46. The number of amides is 1. The van der Waals surface area contributed by atoms with Gasteiger partial charge in [-0.05, 0) is 36.2 Å². The van der Waals surface area contributed by atoms with Crippen LogP contribution >= 0.6 is 23.4 Å². The van der Waals surface area contributed by atoms with Gasteiger partial charge in [0, 0.05) is 23.6 Å². The molecule has 0 aliphatic rings. The Kier molecular flexibility index (Phi) is 7.31. The van der Waals surface area contributed by atoms with E-state index in [2.05, 4.69) is 30.2 Å². The van der Waals surface area contributed by atoms with Gasteiger partial charge in [0.2, 0.25) is 5.91 Å². The van der Waals surface area contributed by atoms with Crippen LogP contribution in [0.25, 0.3) is 0 Å². The molecular formula is C19H20ClN3O2S. The number of carbonyl (C=O) groups excluding carboxylic acids is 1. The van der Waals surface area contributed by atoms with Crippen LogP contribution in [0.2, 0.25) is 5.02 Å². The normalized spacial score (nSPS) is 10.5. The lowest BCUT2D eigenvalue weighted by molar-refractivity contribution is -0.115.